The second-order valence-electron chi connectivity index (χ2n) is 3.55. The summed E-state index contributed by atoms with van der Waals surface area (Å²) in [4.78, 5) is 11.7. The smallest absolute Gasteiger partial charge is 0.213 e. The van der Waals surface area contributed by atoms with Gasteiger partial charge in [-0.25, -0.2) is 0 Å². The molecule has 0 aliphatic rings. The van der Waals surface area contributed by atoms with Crippen molar-refractivity contribution in [2.45, 2.75) is 32.9 Å². The van der Waals surface area contributed by atoms with Crippen molar-refractivity contribution in [3.63, 3.8) is 0 Å². The van der Waals surface area contributed by atoms with Crippen molar-refractivity contribution in [2.75, 3.05) is 0 Å². The van der Waals surface area contributed by atoms with Crippen molar-refractivity contribution < 1.29 is 9.90 Å². The number of Topliss-reactive ketones (excluding diaryl/α,β-unsaturated/α-hetero) is 1. The third kappa shape index (κ3) is 1.96. The van der Waals surface area contributed by atoms with Crippen LogP contribution in [0.15, 0.2) is 6.20 Å². The highest BCUT2D eigenvalue weighted by molar-refractivity contribution is 6.33. The van der Waals surface area contributed by atoms with Crippen molar-refractivity contribution >= 4 is 17.4 Å². The standard InChI is InChI=1S/C9H13ClN2O2/c1-4-12-7(6(10)5-11-12)8(13)9(2,3)14/h5,14H,4H2,1-3H3. The van der Waals surface area contributed by atoms with Gasteiger partial charge < -0.3 is 5.11 Å². The highest BCUT2D eigenvalue weighted by atomic mass is 35.5. The quantitative estimate of drug-likeness (QED) is 0.780. The third-order valence-electron chi connectivity index (χ3n) is 1.87. The van der Waals surface area contributed by atoms with Crippen LogP contribution in [0.5, 0.6) is 0 Å². The minimum atomic E-state index is -1.42. The molecule has 5 heteroatoms. The summed E-state index contributed by atoms with van der Waals surface area (Å²) in [7, 11) is 0. The monoisotopic (exact) mass is 216 g/mol. The summed E-state index contributed by atoms with van der Waals surface area (Å²) in [5.41, 5.74) is -1.15. The Hall–Kier alpha value is -0.870. The number of carbonyl (C=O) groups excluding carboxylic acids is 1. The van der Waals surface area contributed by atoms with Crippen LogP contribution in [-0.2, 0) is 6.54 Å². The van der Waals surface area contributed by atoms with E-state index >= 15 is 0 Å². The Labute approximate surface area is 87.5 Å². The predicted octanol–water partition coefficient (Wildman–Crippen LogP) is 1.51. The van der Waals surface area contributed by atoms with Crippen LogP contribution >= 0.6 is 11.6 Å². The summed E-state index contributed by atoms with van der Waals surface area (Å²) < 4.78 is 1.47. The van der Waals surface area contributed by atoms with E-state index in [1.165, 1.54) is 24.7 Å². The van der Waals surface area contributed by atoms with Crippen LogP contribution in [0.1, 0.15) is 31.3 Å². The molecule has 0 amide bonds. The van der Waals surface area contributed by atoms with E-state index < -0.39 is 11.4 Å². The molecule has 14 heavy (non-hydrogen) atoms. The van der Waals surface area contributed by atoms with E-state index in [0.717, 1.165) is 0 Å². The molecular weight excluding hydrogens is 204 g/mol. The summed E-state index contributed by atoms with van der Waals surface area (Å²) in [6.45, 7) is 5.26. The lowest BCUT2D eigenvalue weighted by atomic mass is 10.0. The lowest BCUT2D eigenvalue weighted by Gasteiger charge is -2.16. The van der Waals surface area contributed by atoms with Gasteiger partial charge in [-0.15, -0.1) is 0 Å². The lowest BCUT2D eigenvalue weighted by molar-refractivity contribution is 0.0476. The van der Waals surface area contributed by atoms with Crippen molar-refractivity contribution in [1.82, 2.24) is 9.78 Å². The molecule has 0 aliphatic heterocycles. The summed E-state index contributed by atoms with van der Waals surface area (Å²) >= 11 is 5.81. The van der Waals surface area contributed by atoms with Gasteiger partial charge in [0.05, 0.1) is 11.2 Å². The number of hydrogen-bond acceptors (Lipinski definition) is 3. The van der Waals surface area contributed by atoms with E-state index in [4.69, 9.17) is 11.6 Å². The van der Waals surface area contributed by atoms with Gasteiger partial charge in [0.15, 0.2) is 0 Å². The molecule has 1 rings (SSSR count). The average molecular weight is 217 g/mol. The van der Waals surface area contributed by atoms with Crippen molar-refractivity contribution in [3.8, 4) is 0 Å². The number of rotatable bonds is 3. The molecule has 0 fully saturated rings. The average Bonchev–Trinajstić information content (AvgIpc) is 2.43. The Balaban J connectivity index is 3.18. The van der Waals surface area contributed by atoms with Crippen molar-refractivity contribution in [2.24, 2.45) is 0 Å². The molecule has 4 nitrogen and oxygen atoms in total. The molecule has 78 valence electrons. The molecule has 0 atom stereocenters. The lowest BCUT2D eigenvalue weighted by Crippen LogP contribution is -2.33. The first kappa shape index (κ1) is 11.2. The SMILES string of the molecule is CCn1ncc(Cl)c1C(=O)C(C)(C)O. The van der Waals surface area contributed by atoms with Gasteiger partial charge in [0, 0.05) is 6.54 Å². The second kappa shape index (κ2) is 3.71. The van der Waals surface area contributed by atoms with E-state index in [1.807, 2.05) is 6.92 Å². The van der Waals surface area contributed by atoms with Gasteiger partial charge in [0.1, 0.15) is 11.3 Å². The zero-order valence-electron chi connectivity index (χ0n) is 8.41. The van der Waals surface area contributed by atoms with Gasteiger partial charge in [-0.1, -0.05) is 11.6 Å². The molecule has 0 unspecified atom stereocenters. The van der Waals surface area contributed by atoms with Gasteiger partial charge in [0.2, 0.25) is 5.78 Å². The highest BCUT2D eigenvalue weighted by Gasteiger charge is 2.30. The molecule has 0 bridgehead atoms. The number of aryl methyl sites for hydroxylation is 1. The number of aliphatic hydroxyl groups is 1. The van der Waals surface area contributed by atoms with Crippen LogP contribution in [-0.4, -0.2) is 26.3 Å². The fraction of sp³-hybridized carbons (Fsp3) is 0.556. The first-order valence-electron chi connectivity index (χ1n) is 4.36. The third-order valence-corrected chi connectivity index (χ3v) is 2.14. The molecule has 0 aliphatic carbocycles. The fourth-order valence-electron chi connectivity index (χ4n) is 1.12. The van der Waals surface area contributed by atoms with Crippen LogP contribution in [0.25, 0.3) is 0 Å². The molecule has 0 saturated heterocycles. The molecule has 0 aromatic carbocycles. The Morgan fingerprint density at radius 3 is 2.71 bits per heavy atom. The number of aromatic nitrogens is 2. The van der Waals surface area contributed by atoms with E-state index in [0.29, 0.717) is 6.54 Å². The van der Waals surface area contributed by atoms with Crippen LogP contribution < -0.4 is 0 Å². The maximum absolute atomic E-state index is 11.7. The first-order valence-corrected chi connectivity index (χ1v) is 4.74. The highest BCUT2D eigenvalue weighted by Crippen LogP contribution is 2.20. The maximum Gasteiger partial charge on any atom is 0.213 e. The molecular formula is C9H13ClN2O2. The van der Waals surface area contributed by atoms with Gasteiger partial charge in [-0.2, -0.15) is 5.10 Å². The minimum absolute atomic E-state index is 0.265. The molecule has 1 N–H and O–H groups in total. The van der Waals surface area contributed by atoms with Crippen LogP contribution in [0.2, 0.25) is 5.02 Å². The van der Waals surface area contributed by atoms with Gasteiger partial charge in [0.25, 0.3) is 0 Å². The maximum atomic E-state index is 11.7. The minimum Gasteiger partial charge on any atom is -0.382 e. The normalized spacial score (nSPS) is 11.8. The fourth-order valence-corrected chi connectivity index (χ4v) is 1.34. The molecule has 1 heterocycles. The van der Waals surface area contributed by atoms with Crippen LogP contribution in [0, 0.1) is 0 Å². The predicted molar refractivity (Wildman–Crippen MR) is 53.5 cm³/mol. The summed E-state index contributed by atoms with van der Waals surface area (Å²) in [6, 6.07) is 0. The topological polar surface area (TPSA) is 55.1 Å². The van der Waals surface area contributed by atoms with E-state index in [9.17, 15) is 9.90 Å². The van der Waals surface area contributed by atoms with E-state index in [1.54, 1.807) is 0 Å². The number of ketones is 1. The van der Waals surface area contributed by atoms with E-state index in [-0.39, 0.29) is 10.7 Å². The van der Waals surface area contributed by atoms with E-state index in [2.05, 4.69) is 5.10 Å². The van der Waals surface area contributed by atoms with Crippen LogP contribution in [0.3, 0.4) is 0 Å². The van der Waals surface area contributed by atoms with Crippen molar-refractivity contribution in [3.05, 3.63) is 16.9 Å². The summed E-state index contributed by atoms with van der Waals surface area (Å²) in [6.07, 6.45) is 1.41. The summed E-state index contributed by atoms with van der Waals surface area (Å²) in [5.74, 6) is -0.415. The Bertz CT molecular complexity index is 352. The van der Waals surface area contributed by atoms with Gasteiger partial charge >= 0.3 is 0 Å². The molecule has 0 saturated carbocycles. The largest absolute Gasteiger partial charge is 0.382 e. The van der Waals surface area contributed by atoms with Gasteiger partial charge in [-0.05, 0) is 20.8 Å². The Kier molecular flexibility index (Phi) is 2.97. The number of carbonyl (C=O) groups is 1. The zero-order chi connectivity index (χ0) is 10.9. The van der Waals surface area contributed by atoms with Gasteiger partial charge in [-0.3, -0.25) is 9.48 Å². The molecule has 1 aromatic heterocycles. The first-order chi connectivity index (χ1) is 6.38. The summed E-state index contributed by atoms with van der Waals surface area (Å²) in [5, 5.41) is 13.8. The zero-order valence-corrected chi connectivity index (χ0v) is 9.17. The molecule has 0 spiro atoms. The molecule has 1 aromatic rings. The Morgan fingerprint density at radius 2 is 2.29 bits per heavy atom. The number of nitrogens with zero attached hydrogens (tertiary/aromatic N) is 2. The number of halogens is 1. The van der Waals surface area contributed by atoms with Crippen molar-refractivity contribution in [1.29, 1.82) is 0 Å². The van der Waals surface area contributed by atoms with Crippen LogP contribution in [0.4, 0.5) is 0 Å². The number of hydrogen-bond donors (Lipinski definition) is 1. The molecule has 0 radical (unpaired) electrons. The Morgan fingerprint density at radius 1 is 1.71 bits per heavy atom. The second-order valence-corrected chi connectivity index (χ2v) is 3.95.